The zero-order valence-electron chi connectivity index (χ0n) is 9.87. The average Bonchev–Trinajstić information content (AvgIpc) is 2.28. The van der Waals surface area contributed by atoms with Gasteiger partial charge in [0.25, 0.3) is 0 Å². The number of carbonyl (C=O) groups is 2. The highest BCUT2D eigenvalue weighted by Crippen LogP contribution is 2.09. The number of benzene rings is 1. The highest BCUT2D eigenvalue weighted by molar-refractivity contribution is 6.30. The van der Waals surface area contributed by atoms with Crippen molar-refractivity contribution in [3.63, 3.8) is 0 Å². The molecule has 0 aliphatic heterocycles. The van der Waals surface area contributed by atoms with Gasteiger partial charge in [0, 0.05) is 18.7 Å². The van der Waals surface area contributed by atoms with Crippen LogP contribution < -0.4 is 10.6 Å². The van der Waals surface area contributed by atoms with E-state index in [0.29, 0.717) is 5.69 Å². The minimum Gasteiger partial charge on any atom is -0.354 e. The summed E-state index contributed by atoms with van der Waals surface area (Å²) in [7, 11) is 0. The van der Waals surface area contributed by atoms with Crippen molar-refractivity contribution in [2.75, 3.05) is 11.9 Å². The molecule has 0 radical (unpaired) electrons. The molecule has 1 aromatic rings. The smallest absolute Gasteiger partial charge is 0.237 e. The predicted molar refractivity (Wildman–Crippen MR) is 68.0 cm³/mol. The van der Waals surface area contributed by atoms with E-state index in [2.05, 4.69) is 10.6 Å². The Morgan fingerprint density at radius 3 is 2.78 bits per heavy atom. The molecule has 0 bridgehead atoms. The lowest BCUT2D eigenvalue weighted by Crippen LogP contribution is -2.32. The van der Waals surface area contributed by atoms with Gasteiger partial charge < -0.3 is 10.6 Å². The second-order valence-corrected chi connectivity index (χ2v) is 4.37. The van der Waals surface area contributed by atoms with Gasteiger partial charge in [0.05, 0.1) is 0 Å². The molecule has 98 valence electrons. The molecule has 0 saturated carbocycles. The fourth-order valence-electron chi connectivity index (χ4n) is 1.23. The van der Waals surface area contributed by atoms with Crippen molar-refractivity contribution < 1.29 is 14.0 Å². The van der Waals surface area contributed by atoms with Crippen LogP contribution in [0, 0.1) is 5.82 Å². The molecule has 0 aromatic heterocycles. The summed E-state index contributed by atoms with van der Waals surface area (Å²) in [6.07, 6.45) is 0.103. The van der Waals surface area contributed by atoms with E-state index in [4.69, 9.17) is 11.6 Å². The molecular formula is C12H14ClFN2O2. The van der Waals surface area contributed by atoms with Gasteiger partial charge in [-0.1, -0.05) is 6.07 Å². The molecule has 0 aliphatic carbocycles. The molecule has 18 heavy (non-hydrogen) atoms. The minimum absolute atomic E-state index is 0.103. The van der Waals surface area contributed by atoms with Crippen LogP contribution in [0.4, 0.5) is 10.1 Å². The molecule has 0 unspecified atom stereocenters. The largest absolute Gasteiger partial charge is 0.354 e. The summed E-state index contributed by atoms with van der Waals surface area (Å²) >= 11 is 5.54. The highest BCUT2D eigenvalue weighted by Gasteiger charge is 2.09. The van der Waals surface area contributed by atoms with Crippen LogP contribution in [0.15, 0.2) is 24.3 Å². The van der Waals surface area contributed by atoms with Gasteiger partial charge in [-0.15, -0.1) is 11.6 Å². The number of anilines is 1. The molecule has 0 saturated heterocycles. The minimum atomic E-state index is -0.628. The molecule has 2 N–H and O–H groups in total. The number of alkyl halides is 1. The number of hydrogen-bond donors (Lipinski definition) is 2. The third-order valence-electron chi connectivity index (χ3n) is 2.12. The van der Waals surface area contributed by atoms with Crippen molar-refractivity contribution in [2.45, 2.75) is 18.7 Å². The number of amides is 2. The lowest BCUT2D eigenvalue weighted by atomic mass is 10.3. The monoisotopic (exact) mass is 272 g/mol. The highest BCUT2D eigenvalue weighted by atomic mass is 35.5. The third kappa shape index (κ3) is 5.14. The van der Waals surface area contributed by atoms with E-state index >= 15 is 0 Å². The molecule has 4 nitrogen and oxygen atoms in total. The van der Waals surface area contributed by atoms with Crippen LogP contribution in [0.25, 0.3) is 0 Å². The fraction of sp³-hybridized carbons (Fsp3) is 0.333. The Morgan fingerprint density at radius 2 is 2.17 bits per heavy atom. The number of rotatable bonds is 5. The Kier molecular flexibility index (Phi) is 5.58. The summed E-state index contributed by atoms with van der Waals surface area (Å²) in [5, 5.41) is 4.40. The Morgan fingerprint density at radius 1 is 1.44 bits per heavy atom. The maximum atomic E-state index is 12.8. The molecule has 1 rings (SSSR count). The Labute approximate surface area is 110 Å². The number of hydrogen-bond acceptors (Lipinski definition) is 2. The van der Waals surface area contributed by atoms with Crippen LogP contribution >= 0.6 is 11.6 Å². The average molecular weight is 273 g/mol. The van der Waals surface area contributed by atoms with Gasteiger partial charge >= 0.3 is 0 Å². The van der Waals surface area contributed by atoms with Gasteiger partial charge in [0.15, 0.2) is 0 Å². The topological polar surface area (TPSA) is 58.2 Å². The summed E-state index contributed by atoms with van der Waals surface area (Å²) in [6.45, 7) is 1.74. The van der Waals surface area contributed by atoms with E-state index in [1.165, 1.54) is 18.2 Å². The molecule has 1 atom stereocenters. The quantitative estimate of drug-likeness (QED) is 0.805. The molecular weight excluding hydrogens is 259 g/mol. The standard InChI is InChI=1S/C12H14ClFN2O2/c1-8(13)12(18)15-6-5-11(17)16-10-4-2-3-9(14)7-10/h2-4,7-8H,5-6H2,1H3,(H,15,18)(H,16,17)/t8-/m1/s1. The number of halogens is 2. The van der Waals surface area contributed by atoms with Gasteiger partial charge in [-0.05, 0) is 25.1 Å². The summed E-state index contributed by atoms with van der Waals surface area (Å²) in [6, 6.07) is 5.59. The van der Waals surface area contributed by atoms with Crippen LogP contribution in [0.2, 0.25) is 0 Å². The van der Waals surface area contributed by atoms with Crippen LogP contribution in [-0.4, -0.2) is 23.7 Å². The van der Waals surface area contributed by atoms with Gasteiger partial charge in [-0.2, -0.15) is 0 Å². The number of nitrogens with one attached hydrogen (secondary N) is 2. The third-order valence-corrected chi connectivity index (χ3v) is 2.32. The van der Waals surface area contributed by atoms with E-state index in [9.17, 15) is 14.0 Å². The molecule has 1 aromatic carbocycles. The Hall–Kier alpha value is -1.62. The van der Waals surface area contributed by atoms with Crippen LogP contribution in [0.3, 0.4) is 0 Å². The molecule has 0 spiro atoms. The first-order valence-corrected chi connectivity index (χ1v) is 5.90. The van der Waals surface area contributed by atoms with E-state index in [1.54, 1.807) is 13.0 Å². The fourth-order valence-corrected chi connectivity index (χ4v) is 1.31. The van der Waals surface area contributed by atoms with Gasteiger partial charge in [-0.25, -0.2) is 4.39 Å². The van der Waals surface area contributed by atoms with Crippen molar-refractivity contribution in [3.05, 3.63) is 30.1 Å². The Balaban J connectivity index is 2.32. The second kappa shape index (κ2) is 6.96. The molecule has 2 amide bonds. The Bertz CT molecular complexity index is 438. The first-order valence-electron chi connectivity index (χ1n) is 5.46. The van der Waals surface area contributed by atoms with Gasteiger partial charge in [0.2, 0.25) is 11.8 Å². The summed E-state index contributed by atoms with van der Waals surface area (Å²) in [5.41, 5.74) is 0.386. The van der Waals surface area contributed by atoms with Crippen LogP contribution in [-0.2, 0) is 9.59 Å². The summed E-state index contributed by atoms with van der Waals surface area (Å²) < 4.78 is 12.8. The maximum Gasteiger partial charge on any atom is 0.237 e. The van der Waals surface area contributed by atoms with Crippen LogP contribution in [0.1, 0.15) is 13.3 Å². The SMILES string of the molecule is C[C@@H](Cl)C(=O)NCCC(=O)Nc1cccc(F)c1. The van der Waals surface area contributed by atoms with E-state index in [1.807, 2.05) is 0 Å². The second-order valence-electron chi connectivity index (χ2n) is 3.72. The van der Waals surface area contributed by atoms with Crippen molar-refractivity contribution in [1.82, 2.24) is 5.32 Å². The van der Waals surface area contributed by atoms with Gasteiger partial charge in [-0.3, -0.25) is 9.59 Å². The normalized spacial score (nSPS) is 11.7. The lowest BCUT2D eigenvalue weighted by molar-refractivity contribution is -0.120. The van der Waals surface area contributed by atoms with Crippen LogP contribution in [0.5, 0.6) is 0 Å². The van der Waals surface area contributed by atoms with Gasteiger partial charge in [0.1, 0.15) is 11.2 Å². The summed E-state index contributed by atoms with van der Waals surface area (Å²) in [4.78, 5) is 22.6. The lowest BCUT2D eigenvalue weighted by Gasteiger charge is -2.07. The summed E-state index contributed by atoms with van der Waals surface area (Å²) in [5.74, 6) is -1.05. The van der Waals surface area contributed by atoms with Crippen molar-refractivity contribution >= 4 is 29.1 Å². The van der Waals surface area contributed by atoms with E-state index < -0.39 is 11.2 Å². The molecule has 6 heteroatoms. The van der Waals surface area contributed by atoms with Crippen molar-refractivity contribution in [2.24, 2.45) is 0 Å². The van der Waals surface area contributed by atoms with E-state index in [-0.39, 0.29) is 24.8 Å². The number of carbonyl (C=O) groups excluding carboxylic acids is 2. The zero-order chi connectivity index (χ0) is 13.5. The predicted octanol–water partition coefficient (Wildman–Crippen LogP) is 1.90. The van der Waals surface area contributed by atoms with E-state index in [0.717, 1.165) is 0 Å². The molecule has 0 aliphatic rings. The van der Waals surface area contributed by atoms with Crippen molar-refractivity contribution in [1.29, 1.82) is 0 Å². The van der Waals surface area contributed by atoms with Crippen molar-refractivity contribution in [3.8, 4) is 0 Å². The first kappa shape index (κ1) is 14.4. The maximum absolute atomic E-state index is 12.8. The first-order chi connectivity index (χ1) is 8.49. The molecule has 0 heterocycles. The molecule has 0 fully saturated rings. The zero-order valence-corrected chi connectivity index (χ0v) is 10.6.